The summed E-state index contributed by atoms with van der Waals surface area (Å²) in [5.41, 5.74) is -1.03. The van der Waals surface area contributed by atoms with Gasteiger partial charge < -0.3 is 61.3 Å². The second kappa shape index (κ2) is 34.9. The first-order chi connectivity index (χ1) is 40.1. The first kappa shape index (κ1) is 78.6. The Balaban J connectivity index is 4.39. The molecule has 0 spiro atoms. The molecule has 0 radical (unpaired) electrons. The topological polar surface area (TPSA) is 296 Å². The van der Waals surface area contributed by atoms with E-state index < -0.39 is 160 Å². The van der Waals surface area contributed by atoms with Crippen molar-refractivity contribution in [3.63, 3.8) is 0 Å². The minimum Gasteiger partial charge on any atom is -0.343 e. The molecule has 24 heteroatoms. The van der Waals surface area contributed by atoms with Crippen LogP contribution < -0.4 is 31.9 Å². The average Bonchev–Trinajstić information content (AvgIpc) is 1.48. The summed E-state index contributed by atoms with van der Waals surface area (Å²) in [6.45, 7) is 30.9. The fourth-order valence-electron chi connectivity index (χ4n) is 11.1. The molecule has 0 aromatic heterocycles. The SMILES string of the molecule is C/C=C/C[C@@H](C)C(=O)[C@@H]1NC(=O)[C@H](C(C)C)N(C)C(=O)[C@H](CC(C)C)N(C)C(=O)[C@H](CC(C)C)N(C)C(=O)[C@@H](C)NC(=O)[C@H](C)NC(=O)[C@H](CC(C)C)N(C)C(=O)[C@H](C(C)C)NC(=O)[C@H](C(C)(C)CNC)N(C)C(=O)[C@@H](C)N(C)C(=O)[C@H](CC)NC1=O. The third kappa shape index (κ3) is 21.4. The van der Waals surface area contributed by atoms with Gasteiger partial charge in [-0.1, -0.05) is 109 Å². The molecule has 24 nitrogen and oxygen atoms in total. The maximum Gasteiger partial charge on any atom is 0.251 e. The molecule has 1 rings (SSSR count). The van der Waals surface area contributed by atoms with Crippen molar-refractivity contribution in [3.05, 3.63) is 12.2 Å². The average molecular weight is 1230 g/mol. The number of likely N-dealkylation sites (N-methyl/N-ethyl adjacent to an activating group) is 6. The van der Waals surface area contributed by atoms with Gasteiger partial charge in [-0.3, -0.25) is 57.5 Å². The molecular formula is C63H112N12O12. The van der Waals surface area contributed by atoms with Crippen LogP contribution in [0.2, 0.25) is 0 Å². The molecule has 0 bridgehead atoms. The Morgan fingerprint density at radius 3 is 1.45 bits per heavy atom. The van der Waals surface area contributed by atoms with Gasteiger partial charge in [0, 0.05) is 60.2 Å². The van der Waals surface area contributed by atoms with Gasteiger partial charge in [0.05, 0.1) is 0 Å². The lowest BCUT2D eigenvalue weighted by Crippen LogP contribution is -2.64. The highest BCUT2D eigenvalue weighted by molar-refractivity contribution is 6.10. The third-order valence-electron chi connectivity index (χ3n) is 16.5. The number of nitrogens with one attached hydrogen (secondary N) is 6. The van der Waals surface area contributed by atoms with Gasteiger partial charge in [0.2, 0.25) is 59.1 Å². The molecule has 0 saturated carbocycles. The van der Waals surface area contributed by atoms with Gasteiger partial charge in [0.1, 0.15) is 60.4 Å². The van der Waals surface area contributed by atoms with Crippen LogP contribution >= 0.6 is 0 Å². The number of Topliss-reactive ketones (excluding diaryl/α,β-unsaturated/α-hetero) is 1. The van der Waals surface area contributed by atoms with Crippen LogP contribution in [0.3, 0.4) is 0 Å². The maximum absolute atomic E-state index is 15.0. The standard InChI is InChI=1S/C63H112N12O12/c1-26-28-29-39(13)50(76)48-54(79)67-43(27-2)59(84)70(20)42(16)58(83)75(25)51(63(17,18)33-64-19)56(81)68-47(37(9)10)62(87)71(21)44(30-34(3)4)53(78)65-40(14)52(77)66-41(15)57(82)72(22)45(31-35(5)6)60(85)73(23)46(32-36(7)8)61(86)74(24)49(38(11)12)55(80)69-48/h26,28,34-49,51,64H,27,29-33H2,1-25H3,(H,65,78)(H,66,77)(H,67,79)(H,68,81)(H,69,80)/b28-26+/t39-,40+,41-,42-,43+,44+,45+,46+,47+,48+,49+,51-/m1/s1. The summed E-state index contributed by atoms with van der Waals surface area (Å²) in [7, 11) is 10.1. The molecule has 11 amide bonds. The molecule has 1 fully saturated rings. The second-order valence-corrected chi connectivity index (χ2v) is 26.6. The summed E-state index contributed by atoms with van der Waals surface area (Å²) in [6.07, 6.45) is 4.04. The monoisotopic (exact) mass is 1230 g/mol. The maximum atomic E-state index is 15.0. The molecule has 0 aromatic rings. The summed E-state index contributed by atoms with van der Waals surface area (Å²) in [5, 5.41) is 16.6. The van der Waals surface area contributed by atoms with Gasteiger partial charge in [-0.05, 0) is 96.4 Å². The lowest BCUT2D eigenvalue weighted by Gasteiger charge is -2.42. The van der Waals surface area contributed by atoms with Crippen LogP contribution in [0, 0.1) is 40.9 Å². The van der Waals surface area contributed by atoms with E-state index in [2.05, 4.69) is 31.9 Å². The summed E-state index contributed by atoms with van der Waals surface area (Å²) in [5.74, 6) is -11.2. The first-order valence-corrected chi connectivity index (χ1v) is 31.0. The number of carbonyl (C=O) groups excluding carboxylic acids is 12. The van der Waals surface area contributed by atoms with E-state index in [1.165, 1.54) is 87.6 Å². The second-order valence-electron chi connectivity index (χ2n) is 26.6. The van der Waals surface area contributed by atoms with E-state index in [1.807, 2.05) is 41.5 Å². The van der Waals surface area contributed by atoms with Crippen LogP contribution in [-0.2, 0) is 57.5 Å². The highest BCUT2D eigenvalue weighted by Crippen LogP contribution is 2.28. The van der Waals surface area contributed by atoms with E-state index >= 15 is 4.79 Å². The Morgan fingerprint density at radius 2 is 0.989 bits per heavy atom. The molecular weight excluding hydrogens is 1120 g/mol. The lowest BCUT2D eigenvalue weighted by atomic mass is 9.82. The molecule has 0 unspecified atom stereocenters. The van der Waals surface area contributed by atoms with Crippen molar-refractivity contribution >= 4 is 70.8 Å². The fraction of sp³-hybridized carbons (Fsp3) is 0.778. The number of nitrogens with zero attached hydrogens (tertiary/aromatic N) is 6. The lowest BCUT2D eigenvalue weighted by molar-refractivity contribution is -0.154. The number of rotatable bonds is 16. The van der Waals surface area contributed by atoms with Gasteiger partial charge in [-0.15, -0.1) is 0 Å². The number of amides is 11. The Morgan fingerprint density at radius 1 is 0.517 bits per heavy atom. The van der Waals surface area contributed by atoms with E-state index in [0.29, 0.717) is 0 Å². The predicted molar refractivity (Wildman–Crippen MR) is 336 cm³/mol. The van der Waals surface area contributed by atoms with Gasteiger partial charge in [0.25, 0.3) is 5.91 Å². The van der Waals surface area contributed by atoms with Crippen molar-refractivity contribution in [3.8, 4) is 0 Å². The number of hydrogen-bond acceptors (Lipinski definition) is 13. The molecule has 1 saturated heterocycles. The van der Waals surface area contributed by atoms with E-state index in [-0.39, 0.29) is 56.4 Å². The zero-order valence-electron chi connectivity index (χ0n) is 57.3. The Bertz CT molecular complexity index is 2450. The fourth-order valence-corrected chi connectivity index (χ4v) is 11.1. The van der Waals surface area contributed by atoms with Gasteiger partial charge in [-0.2, -0.15) is 0 Å². The van der Waals surface area contributed by atoms with Gasteiger partial charge in [0.15, 0.2) is 11.8 Å². The Kier molecular flexibility index (Phi) is 31.5. The van der Waals surface area contributed by atoms with Crippen molar-refractivity contribution in [1.29, 1.82) is 0 Å². The Labute approximate surface area is 519 Å². The molecule has 1 aliphatic rings. The van der Waals surface area contributed by atoms with Crippen LogP contribution in [-0.4, -0.2) is 223 Å². The minimum absolute atomic E-state index is 0.0298. The Hall–Kier alpha value is -6.46. The molecule has 87 heavy (non-hydrogen) atoms. The zero-order valence-corrected chi connectivity index (χ0v) is 57.3. The normalized spacial score (nSPS) is 27.0. The zero-order chi connectivity index (χ0) is 67.6. The number of carbonyl (C=O) groups is 12. The minimum atomic E-state index is -1.87. The summed E-state index contributed by atoms with van der Waals surface area (Å²) in [4.78, 5) is 183. The number of allylic oxidation sites excluding steroid dienone is 2. The van der Waals surface area contributed by atoms with Crippen molar-refractivity contribution in [2.45, 2.75) is 223 Å². The molecule has 12 atom stereocenters. The van der Waals surface area contributed by atoms with Crippen LogP contribution in [0.4, 0.5) is 0 Å². The summed E-state index contributed by atoms with van der Waals surface area (Å²) >= 11 is 0. The first-order valence-electron chi connectivity index (χ1n) is 31.0. The highest BCUT2D eigenvalue weighted by Gasteiger charge is 2.46. The molecule has 1 heterocycles. The van der Waals surface area contributed by atoms with Crippen LogP contribution in [0.15, 0.2) is 12.2 Å². The predicted octanol–water partition coefficient (Wildman–Crippen LogP) is 2.72. The van der Waals surface area contributed by atoms with Crippen molar-refractivity contribution in [1.82, 2.24) is 61.3 Å². The van der Waals surface area contributed by atoms with E-state index in [4.69, 9.17) is 0 Å². The number of hydrogen-bond donors (Lipinski definition) is 6. The largest absolute Gasteiger partial charge is 0.343 e. The van der Waals surface area contributed by atoms with Crippen LogP contribution in [0.25, 0.3) is 0 Å². The molecule has 1 aliphatic heterocycles. The smallest absolute Gasteiger partial charge is 0.251 e. The van der Waals surface area contributed by atoms with E-state index in [9.17, 15) is 52.7 Å². The third-order valence-corrected chi connectivity index (χ3v) is 16.5. The van der Waals surface area contributed by atoms with E-state index in [1.54, 1.807) is 81.5 Å². The quantitative estimate of drug-likeness (QED) is 0.0959. The molecule has 496 valence electrons. The van der Waals surface area contributed by atoms with Crippen LogP contribution in [0.1, 0.15) is 157 Å². The van der Waals surface area contributed by atoms with Crippen molar-refractivity contribution in [2.24, 2.45) is 40.9 Å². The van der Waals surface area contributed by atoms with E-state index in [0.717, 1.165) is 4.90 Å². The molecule has 0 aliphatic carbocycles. The molecule has 0 aromatic carbocycles. The van der Waals surface area contributed by atoms with Crippen molar-refractivity contribution < 1.29 is 57.5 Å². The molecule has 6 N–H and O–H groups in total. The van der Waals surface area contributed by atoms with Crippen molar-refractivity contribution in [2.75, 3.05) is 55.9 Å². The summed E-state index contributed by atoms with van der Waals surface area (Å²) < 4.78 is 0. The summed E-state index contributed by atoms with van der Waals surface area (Å²) in [6, 6.07) is -14.3. The van der Waals surface area contributed by atoms with Crippen LogP contribution in [0.5, 0.6) is 0 Å². The highest BCUT2D eigenvalue weighted by atomic mass is 16.2. The van der Waals surface area contributed by atoms with Gasteiger partial charge in [-0.25, -0.2) is 0 Å². The van der Waals surface area contributed by atoms with Gasteiger partial charge >= 0.3 is 0 Å². The number of ketones is 1.